The van der Waals surface area contributed by atoms with Gasteiger partial charge in [0.05, 0.1) is 0 Å². The molecule has 0 spiro atoms. The number of hydrogen-bond donors (Lipinski definition) is 1. The van der Waals surface area contributed by atoms with Crippen LogP contribution in [0.2, 0.25) is 0 Å². The minimum atomic E-state index is -5.74. The maximum absolute atomic E-state index is 14.3. The van der Waals surface area contributed by atoms with E-state index in [-0.39, 0.29) is 13.8 Å². The zero-order valence-corrected chi connectivity index (χ0v) is 15.6. The summed E-state index contributed by atoms with van der Waals surface area (Å²) in [6.07, 6.45) is -11.5. The van der Waals surface area contributed by atoms with Crippen molar-refractivity contribution in [2.24, 2.45) is 0 Å². The first-order valence-corrected chi connectivity index (χ1v) is 7.75. The van der Waals surface area contributed by atoms with Gasteiger partial charge < -0.3 is 14.6 Å². The summed E-state index contributed by atoms with van der Waals surface area (Å²) in [4.78, 5) is 0. The molecule has 12 heteroatoms. The summed E-state index contributed by atoms with van der Waals surface area (Å²) < 4.78 is 132. The van der Waals surface area contributed by atoms with Crippen LogP contribution in [0.4, 0.5) is 39.5 Å². The molecule has 0 heterocycles. The summed E-state index contributed by atoms with van der Waals surface area (Å²) in [5.74, 6) is -9.97. The van der Waals surface area contributed by atoms with Crippen LogP contribution >= 0.6 is 0 Å². The highest BCUT2D eigenvalue weighted by Gasteiger charge is 2.72. The summed E-state index contributed by atoms with van der Waals surface area (Å²) in [5.41, 5.74) is -10.5. The van der Waals surface area contributed by atoms with Gasteiger partial charge in [-0.2, -0.15) is 26.3 Å². The summed E-state index contributed by atoms with van der Waals surface area (Å²) in [5, 5.41) is 8.53. The second-order valence-corrected chi connectivity index (χ2v) is 7.25. The summed E-state index contributed by atoms with van der Waals surface area (Å²) >= 11 is 0. The second-order valence-electron chi connectivity index (χ2n) is 7.25. The average Bonchev–Trinajstić information content (AvgIpc) is 2.44. The third-order valence-corrected chi connectivity index (χ3v) is 4.24. The van der Waals surface area contributed by atoms with Crippen LogP contribution in [0, 0.1) is 0 Å². The molecule has 0 aliphatic carbocycles. The molecule has 0 aromatic carbocycles. The van der Waals surface area contributed by atoms with Crippen LogP contribution in [-0.4, -0.2) is 52.6 Å². The lowest BCUT2D eigenvalue weighted by molar-refractivity contribution is -0.452. The zero-order chi connectivity index (χ0) is 22.3. The molecule has 0 amide bonds. The summed E-state index contributed by atoms with van der Waals surface area (Å²) in [6.45, 7) is 0.0791. The Morgan fingerprint density at radius 1 is 0.667 bits per heavy atom. The summed E-state index contributed by atoms with van der Waals surface area (Å²) in [7, 11) is 0. The molecule has 0 fully saturated rings. The average molecular weight is 422 g/mol. The van der Waals surface area contributed by atoms with E-state index < -0.39 is 54.0 Å². The molecular weight excluding hydrogens is 399 g/mol. The third kappa shape index (κ3) is 4.81. The van der Waals surface area contributed by atoms with Gasteiger partial charge in [-0.15, -0.1) is 0 Å². The normalized spacial score (nSPS) is 17.8. The van der Waals surface area contributed by atoms with Gasteiger partial charge in [0.15, 0.2) is 5.67 Å². The lowest BCUT2D eigenvalue weighted by atomic mass is 9.96. The molecule has 1 unspecified atom stereocenters. The van der Waals surface area contributed by atoms with Gasteiger partial charge in [0.25, 0.3) is 5.92 Å². The van der Waals surface area contributed by atoms with E-state index in [0.717, 1.165) is 6.92 Å². The van der Waals surface area contributed by atoms with Crippen LogP contribution in [0.15, 0.2) is 0 Å². The second kappa shape index (κ2) is 7.25. The molecule has 0 saturated carbocycles. The highest BCUT2D eigenvalue weighted by atomic mass is 19.3. The fourth-order valence-corrected chi connectivity index (χ4v) is 1.70. The molecule has 0 aliphatic heterocycles. The Balaban J connectivity index is 5.87. The molecule has 1 N–H and O–H groups in total. The molecule has 0 aliphatic rings. The first kappa shape index (κ1) is 26.2. The van der Waals surface area contributed by atoms with Crippen molar-refractivity contribution in [1.29, 1.82) is 0 Å². The van der Waals surface area contributed by atoms with E-state index in [9.17, 15) is 39.5 Å². The van der Waals surface area contributed by atoms with E-state index in [2.05, 4.69) is 9.47 Å². The molecular formula is C15H23F9O3. The molecule has 0 radical (unpaired) electrons. The molecule has 3 nitrogen and oxygen atoms in total. The van der Waals surface area contributed by atoms with Gasteiger partial charge in [0.2, 0.25) is 0 Å². The first-order chi connectivity index (χ1) is 11.5. The molecule has 164 valence electrons. The molecule has 0 aromatic rings. The van der Waals surface area contributed by atoms with E-state index in [1.165, 1.54) is 0 Å². The maximum atomic E-state index is 14.3. The van der Waals surface area contributed by atoms with Crippen molar-refractivity contribution in [2.75, 3.05) is 6.61 Å². The van der Waals surface area contributed by atoms with E-state index >= 15 is 0 Å². The smallest absolute Gasteiger partial charge is 0.390 e. The molecule has 0 rings (SSSR count). The minimum Gasteiger partial charge on any atom is -0.390 e. The topological polar surface area (TPSA) is 38.7 Å². The number of alkyl halides is 9. The van der Waals surface area contributed by atoms with E-state index in [1.807, 2.05) is 0 Å². The van der Waals surface area contributed by atoms with E-state index in [1.54, 1.807) is 0 Å². The van der Waals surface area contributed by atoms with Gasteiger partial charge in [-0.3, -0.25) is 0 Å². The Kier molecular flexibility index (Phi) is 7.05. The van der Waals surface area contributed by atoms with Crippen molar-refractivity contribution in [1.82, 2.24) is 0 Å². The van der Waals surface area contributed by atoms with E-state index in [4.69, 9.17) is 5.11 Å². The maximum Gasteiger partial charge on any atom is 0.423 e. The van der Waals surface area contributed by atoms with Crippen LogP contribution in [0.3, 0.4) is 0 Å². The van der Waals surface area contributed by atoms with Crippen molar-refractivity contribution >= 4 is 0 Å². The Morgan fingerprint density at radius 3 is 1.37 bits per heavy atom. The molecule has 27 heavy (non-hydrogen) atoms. The van der Waals surface area contributed by atoms with Crippen LogP contribution < -0.4 is 0 Å². The first-order valence-electron chi connectivity index (χ1n) is 7.75. The number of ether oxygens (including phenoxy) is 2. The Labute approximate surface area is 150 Å². The van der Waals surface area contributed by atoms with Gasteiger partial charge in [-0.05, 0) is 41.0 Å². The van der Waals surface area contributed by atoms with Gasteiger partial charge in [0, 0.05) is 0 Å². The Morgan fingerprint density at radius 2 is 1.04 bits per heavy atom. The number of aliphatic hydroxyl groups excluding tert-OH is 1. The monoisotopic (exact) mass is 422 g/mol. The lowest BCUT2D eigenvalue weighted by Gasteiger charge is -2.44. The molecule has 0 saturated heterocycles. The fraction of sp³-hybridized carbons (Fsp3) is 1.00. The largest absolute Gasteiger partial charge is 0.423 e. The molecule has 0 aromatic heterocycles. The number of rotatable bonds is 10. The van der Waals surface area contributed by atoms with Crippen LogP contribution in [0.1, 0.15) is 48.0 Å². The highest BCUT2D eigenvalue weighted by Crippen LogP contribution is 2.51. The summed E-state index contributed by atoms with van der Waals surface area (Å²) in [6, 6.07) is 0. The van der Waals surface area contributed by atoms with Crippen LogP contribution in [0.5, 0.6) is 0 Å². The van der Waals surface area contributed by atoms with E-state index in [0.29, 0.717) is 20.8 Å². The minimum absolute atomic E-state index is 0.112. The predicted octanol–water partition coefficient (Wildman–Crippen LogP) is 5.16. The zero-order valence-electron chi connectivity index (χ0n) is 15.6. The van der Waals surface area contributed by atoms with Gasteiger partial charge in [-0.25, -0.2) is 13.2 Å². The Bertz CT molecular complexity index is 473. The third-order valence-electron chi connectivity index (χ3n) is 4.24. The number of hydrogen-bond acceptors (Lipinski definition) is 3. The van der Waals surface area contributed by atoms with Gasteiger partial charge >= 0.3 is 18.1 Å². The molecule has 1 atom stereocenters. The van der Waals surface area contributed by atoms with Crippen molar-refractivity contribution < 1.29 is 54.1 Å². The number of aliphatic hydroxyl groups is 1. The van der Waals surface area contributed by atoms with Crippen LogP contribution in [0.25, 0.3) is 0 Å². The molecule has 0 bridgehead atoms. The number of halogens is 9. The predicted molar refractivity (Wildman–Crippen MR) is 77.0 cm³/mol. The van der Waals surface area contributed by atoms with Crippen molar-refractivity contribution in [3.05, 3.63) is 0 Å². The lowest BCUT2D eigenvalue weighted by Crippen LogP contribution is -2.64. The van der Waals surface area contributed by atoms with Gasteiger partial charge in [0.1, 0.15) is 17.8 Å². The standard InChI is InChI=1S/C15H23F9O3/c1-7-11(6,16)14(21,22)27-10(4,5)13(19,20)15(23,24)26-9(2,3)12(17,18)8-25/h25H,7-8H2,1-6H3. The van der Waals surface area contributed by atoms with Gasteiger partial charge in [-0.1, -0.05) is 6.92 Å². The van der Waals surface area contributed by atoms with Crippen molar-refractivity contribution in [3.8, 4) is 0 Å². The van der Waals surface area contributed by atoms with Crippen molar-refractivity contribution in [2.45, 2.75) is 88.9 Å². The quantitative estimate of drug-likeness (QED) is 0.494. The van der Waals surface area contributed by atoms with Crippen molar-refractivity contribution in [3.63, 3.8) is 0 Å². The highest BCUT2D eigenvalue weighted by molar-refractivity contribution is 4.99. The SMILES string of the molecule is CCC(C)(F)C(F)(F)OC(C)(C)C(F)(F)C(F)(F)OC(C)(C)C(F)(F)CO. The fourth-order valence-electron chi connectivity index (χ4n) is 1.70. The van der Waals surface area contributed by atoms with Crippen LogP contribution in [-0.2, 0) is 9.47 Å². The Hall–Kier alpha value is -0.750.